The van der Waals surface area contributed by atoms with E-state index in [1.54, 1.807) is 0 Å². The summed E-state index contributed by atoms with van der Waals surface area (Å²) in [7, 11) is 0. The Morgan fingerprint density at radius 2 is 1.79 bits per heavy atom. The van der Waals surface area contributed by atoms with E-state index in [1.807, 2.05) is 38.1 Å². The van der Waals surface area contributed by atoms with Gasteiger partial charge in [-0.3, -0.25) is 0 Å². The van der Waals surface area contributed by atoms with E-state index in [1.165, 1.54) is 6.33 Å². The van der Waals surface area contributed by atoms with Gasteiger partial charge in [0.1, 0.15) is 18.1 Å². The van der Waals surface area contributed by atoms with Gasteiger partial charge in [-0.25, -0.2) is 9.97 Å². The van der Waals surface area contributed by atoms with Crippen molar-refractivity contribution in [1.29, 1.82) is 0 Å². The Bertz CT molecular complexity index is 556. The summed E-state index contributed by atoms with van der Waals surface area (Å²) in [6, 6.07) is 7.49. The number of benzene rings is 1. The molecule has 0 fully saturated rings. The molecule has 0 amide bonds. The molecule has 0 radical (unpaired) electrons. The molecule has 0 saturated carbocycles. The SMILES string of the molecule is CC(C)c1c(Cl)ncnc1OCc1ccc(Cl)cc1. The van der Waals surface area contributed by atoms with E-state index in [-0.39, 0.29) is 5.92 Å². The summed E-state index contributed by atoms with van der Waals surface area (Å²) < 4.78 is 5.73. The largest absolute Gasteiger partial charge is 0.472 e. The number of nitrogens with zero attached hydrogens (tertiary/aromatic N) is 2. The molecule has 0 aliphatic heterocycles. The first-order valence-electron chi connectivity index (χ1n) is 5.95. The molecular weight excluding hydrogens is 283 g/mol. The van der Waals surface area contributed by atoms with Gasteiger partial charge in [0, 0.05) is 5.02 Å². The standard InChI is InChI=1S/C14H14Cl2N2O/c1-9(2)12-13(16)17-8-18-14(12)19-7-10-3-5-11(15)6-4-10/h3-6,8-9H,7H2,1-2H3. The fraction of sp³-hybridized carbons (Fsp3) is 0.286. The quantitative estimate of drug-likeness (QED) is 0.780. The minimum Gasteiger partial charge on any atom is -0.472 e. The molecular formula is C14H14Cl2N2O. The number of hydrogen-bond acceptors (Lipinski definition) is 3. The third-order valence-electron chi connectivity index (χ3n) is 2.66. The Hall–Kier alpha value is -1.32. The van der Waals surface area contributed by atoms with Crippen molar-refractivity contribution >= 4 is 23.2 Å². The van der Waals surface area contributed by atoms with Crippen LogP contribution in [0.1, 0.15) is 30.9 Å². The lowest BCUT2D eigenvalue weighted by atomic mass is 10.1. The molecule has 1 aromatic heterocycles. The molecule has 5 heteroatoms. The lowest BCUT2D eigenvalue weighted by molar-refractivity contribution is 0.288. The predicted octanol–water partition coefficient (Wildman–Crippen LogP) is 4.49. The summed E-state index contributed by atoms with van der Waals surface area (Å²) >= 11 is 11.9. The van der Waals surface area contributed by atoms with E-state index in [4.69, 9.17) is 27.9 Å². The first-order valence-corrected chi connectivity index (χ1v) is 6.71. The molecule has 0 spiro atoms. The van der Waals surface area contributed by atoms with Gasteiger partial charge in [0.2, 0.25) is 5.88 Å². The van der Waals surface area contributed by atoms with Gasteiger partial charge in [0.05, 0.1) is 5.56 Å². The van der Waals surface area contributed by atoms with Gasteiger partial charge in [-0.2, -0.15) is 0 Å². The van der Waals surface area contributed by atoms with Gasteiger partial charge in [0.25, 0.3) is 0 Å². The van der Waals surface area contributed by atoms with Crippen molar-refractivity contribution in [2.24, 2.45) is 0 Å². The van der Waals surface area contributed by atoms with Crippen molar-refractivity contribution in [2.45, 2.75) is 26.4 Å². The average molecular weight is 297 g/mol. The number of halogens is 2. The zero-order chi connectivity index (χ0) is 13.8. The zero-order valence-corrected chi connectivity index (χ0v) is 12.2. The normalized spacial score (nSPS) is 10.8. The molecule has 0 unspecified atom stereocenters. The Labute approximate surface area is 122 Å². The van der Waals surface area contributed by atoms with Crippen molar-refractivity contribution < 1.29 is 4.74 Å². The second-order valence-corrected chi connectivity index (χ2v) is 5.25. The van der Waals surface area contributed by atoms with Crippen LogP contribution in [0.5, 0.6) is 5.88 Å². The van der Waals surface area contributed by atoms with Crippen molar-refractivity contribution in [1.82, 2.24) is 9.97 Å². The van der Waals surface area contributed by atoms with Crippen LogP contribution >= 0.6 is 23.2 Å². The van der Waals surface area contributed by atoms with E-state index >= 15 is 0 Å². The van der Waals surface area contributed by atoms with Crippen LogP contribution in [0.15, 0.2) is 30.6 Å². The van der Waals surface area contributed by atoms with E-state index in [0.29, 0.717) is 22.7 Å². The molecule has 0 saturated heterocycles. The average Bonchev–Trinajstić information content (AvgIpc) is 2.37. The smallest absolute Gasteiger partial charge is 0.221 e. The maximum absolute atomic E-state index is 6.08. The van der Waals surface area contributed by atoms with Crippen LogP contribution in [-0.4, -0.2) is 9.97 Å². The molecule has 0 aliphatic carbocycles. The van der Waals surface area contributed by atoms with Crippen LogP contribution in [0, 0.1) is 0 Å². The van der Waals surface area contributed by atoms with Crippen LogP contribution in [0.25, 0.3) is 0 Å². The minimum atomic E-state index is 0.203. The fourth-order valence-electron chi connectivity index (χ4n) is 1.69. The van der Waals surface area contributed by atoms with Crippen molar-refractivity contribution in [3.8, 4) is 5.88 Å². The molecule has 19 heavy (non-hydrogen) atoms. The Kier molecular flexibility index (Phi) is 4.61. The highest BCUT2D eigenvalue weighted by molar-refractivity contribution is 6.30. The first-order chi connectivity index (χ1) is 9.08. The molecule has 0 aliphatic rings. The maximum atomic E-state index is 6.08. The highest BCUT2D eigenvalue weighted by Crippen LogP contribution is 2.30. The maximum Gasteiger partial charge on any atom is 0.221 e. The van der Waals surface area contributed by atoms with Crippen LogP contribution in [0.3, 0.4) is 0 Å². The lowest BCUT2D eigenvalue weighted by Gasteiger charge is -2.13. The van der Waals surface area contributed by atoms with Crippen molar-refractivity contribution in [3.05, 3.63) is 51.9 Å². The molecule has 0 atom stereocenters. The Balaban J connectivity index is 2.15. The number of ether oxygens (including phenoxy) is 1. The second kappa shape index (κ2) is 6.22. The molecule has 2 aromatic rings. The fourth-order valence-corrected chi connectivity index (χ4v) is 2.16. The van der Waals surface area contributed by atoms with Crippen molar-refractivity contribution in [3.63, 3.8) is 0 Å². The molecule has 0 N–H and O–H groups in total. The van der Waals surface area contributed by atoms with Crippen LogP contribution < -0.4 is 4.74 Å². The summed E-state index contributed by atoms with van der Waals surface area (Å²) in [6.45, 7) is 4.48. The Morgan fingerprint density at radius 1 is 1.11 bits per heavy atom. The van der Waals surface area contributed by atoms with Crippen molar-refractivity contribution in [2.75, 3.05) is 0 Å². The predicted molar refractivity (Wildman–Crippen MR) is 76.9 cm³/mol. The summed E-state index contributed by atoms with van der Waals surface area (Å²) in [4.78, 5) is 8.13. The molecule has 0 bridgehead atoms. The van der Waals surface area contributed by atoms with Gasteiger partial charge < -0.3 is 4.74 Å². The lowest BCUT2D eigenvalue weighted by Crippen LogP contribution is -2.03. The monoisotopic (exact) mass is 296 g/mol. The zero-order valence-electron chi connectivity index (χ0n) is 10.7. The third-order valence-corrected chi connectivity index (χ3v) is 3.22. The molecule has 1 heterocycles. The van der Waals surface area contributed by atoms with E-state index < -0.39 is 0 Å². The van der Waals surface area contributed by atoms with Gasteiger partial charge >= 0.3 is 0 Å². The molecule has 1 aromatic carbocycles. The summed E-state index contributed by atoms with van der Waals surface area (Å²) in [5.41, 5.74) is 1.85. The first kappa shape index (κ1) is 14.1. The summed E-state index contributed by atoms with van der Waals surface area (Å²) in [5, 5.41) is 1.15. The van der Waals surface area contributed by atoms with Crippen LogP contribution in [0.2, 0.25) is 10.2 Å². The van der Waals surface area contributed by atoms with E-state index in [2.05, 4.69) is 9.97 Å². The molecule has 100 valence electrons. The second-order valence-electron chi connectivity index (χ2n) is 4.45. The van der Waals surface area contributed by atoms with Gasteiger partial charge in [0.15, 0.2) is 0 Å². The minimum absolute atomic E-state index is 0.203. The van der Waals surface area contributed by atoms with E-state index in [0.717, 1.165) is 11.1 Å². The number of rotatable bonds is 4. The Morgan fingerprint density at radius 3 is 2.42 bits per heavy atom. The summed E-state index contributed by atoms with van der Waals surface area (Å²) in [6.07, 6.45) is 1.41. The van der Waals surface area contributed by atoms with Crippen LogP contribution in [0.4, 0.5) is 0 Å². The highest BCUT2D eigenvalue weighted by atomic mass is 35.5. The topological polar surface area (TPSA) is 35.0 Å². The highest BCUT2D eigenvalue weighted by Gasteiger charge is 2.14. The third kappa shape index (κ3) is 3.58. The number of hydrogen-bond donors (Lipinski definition) is 0. The van der Waals surface area contributed by atoms with E-state index in [9.17, 15) is 0 Å². The van der Waals surface area contributed by atoms with Gasteiger partial charge in [-0.1, -0.05) is 49.2 Å². The summed E-state index contributed by atoms with van der Waals surface area (Å²) in [5.74, 6) is 0.735. The van der Waals surface area contributed by atoms with Gasteiger partial charge in [-0.05, 0) is 23.6 Å². The molecule has 2 rings (SSSR count). The van der Waals surface area contributed by atoms with Crippen LogP contribution in [-0.2, 0) is 6.61 Å². The molecule has 3 nitrogen and oxygen atoms in total. The van der Waals surface area contributed by atoms with Gasteiger partial charge in [-0.15, -0.1) is 0 Å². The number of aromatic nitrogens is 2.